The Morgan fingerprint density at radius 2 is 1.74 bits per heavy atom. The summed E-state index contributed by atoms with van der Waals surface area (Å²) < 4.78 is 50.8. The third-order valence-electron chi connectivity index (χ3n) is 2.61. The minimum atomic E-state index is -3.89. The van der Waals surface area contributed by atoms with Crippen LogP contribution in [0.3, 0.4) is 0 Å². The van der Waals surface area contributed by atoms with Gasteiger partial charge in [-0.1, -0.05) is 18.2 Å². The minimum absolute atomic E-state index is 0.0196. The molecule has 2 aromatic carbocycles. The smallest absolute Gasteiger partial charge is 0.184 e. The zero-order valence-corrected chi connectivity index (χ0v) is 10.6. The maximum absolute atomic E-state index is 13.4. The van der Waals surface area contributed by atoms with Gasteiger partial charge in [0.25, 0.3) is 0 Å². The highest BCUT2D eigenvalue weighted by atomic mass is 32.2. The van der Waals surface area contributed by atoms with Crippen molar-refractivity contribution in [2.45, 2.75) is 10.6 Å². The van der Waals surface area contributed by atoms with Gasteiger partial charge in [0.15, 0.2) is 9.84 Å². The molecule has 0 amide bonds. The molecule has 0 aliphatic carbocycles. The summed E-state index contributed by atoms with van der Waals surface area (Å²) in [4.78, 5) is -0.323. The number of hydrogen-bond acceptors (Lipinski definition) is 3. The summed E-state index contributed by atoms with van der Waals surface area (Å²) in [6.07, 6.45) is 0. The van der Waals surface area contributed by atoms with E-state index in [0.29, 0.717) is 0 Å². The standard InChI is InChI=1S/C13H11F2NO2S/c14-10-5-6-12(16)13(7-10)19(17,18)8-9-3-1-2-4-11(9)15/h1-7H,8,16H2. The summed E-state index contributed by atoms with van der Waals surface area (Å²) in [6.45, 7) is 0. The van der Waals surface area contributed by atoms with Crippen LogP contribution in [0.2, 0.25) is 0 Å². The Balaban J connectivity index is 2.44. The van der Waals surface area contributed by atoms with Crippen LogP contribution in [0.25, 0.3) is 0 Å². The van der Waals surface area contributed by atoms with Crippen LogP contribution in [-0.2, 0) is 15.6 Å². The number of rotatable bonds is 3. The van der Waals surface area contributed by atoms with Gasteiger partial charge >= 0.3 is 0 Å². The van der Waals surface area contributed by atoms with Gasteiger partial charge in [-0.15, -0.1) is 0 Å². The zero-order valence-electron chi connectivity index (χ0n) is 9.81. The van der Waals surface area contributed by atoms with E-state index < -0.39 is 27.2 Å². The van der Waals surface area contributed by atoms with E-state index >= 15 is 0 Å². The van der Waals surface area contributed by atoms with Crippen molar-refractivity contribution in [2.75, 3.05) is 5.73 Å². The van der Waals surface area contributed by atoms with Crippen molar-refractivity contribution in [3.8, 4) is 0 Å². The topological polar surface area (TPSA) is 60.2 Å². The number of halogens is 2. The average Bonchev–Trinajstić information content (AvgIpc) is 2.35. The molecule has 0 atom stereocenters. The maximum Gasteiger partial charge on any atom is 0.184 e. The Morgan fingerprint density at radius 1 is 1.05 bits per heavy atom. The highest BCUT2D eigenvalue weighted by Crippen LogP contribution is 2.24. The number of hydrogen-bond donors (Lipinski definition) is 1. The molecule has 0 aliphatic heterocycles. The number of sulfone groups is 1. The van der Waals surface area contributed by atoms with Gasteiger partial charge < -0.3 is 5.73 Å². The van der Waals surface area contributed by atoms with E-state index in [1.54, 1.807) is 0 Å². The fourth-order valence-electron chi connectivity index (χ4n) is 1.68. The van der Waals surface area contributed by atoms with Gasteiger partial charge in [-0.2, -0.15) is 0 Å². The Labute approximate surface area is 109 Å². The second-order valence-corrected chi connectivity index (χ2v) is 5.99. The number of nitrogens with two attached hydrogens (primary N) is 1. The van der Waals surface area contributed by atoms with Gasteiger partial charge in [0.1, 0.15) is 11.6 Å². The molecule has 100 valence electrons. The molecule has 0 unspecified atom stereocenters. The van der Waals surface area contributed by atoms with Gasteiger partial charge in [-0.25, -0.2) is 17.2 Å². The van der Waals surface area contributed by atoms with Crippen molar-refractivity contribution in [2.24, 2.45) is 0 Å². The minimum Gasteiger partial charge on any atom is -0.398 e. The Kier molecular flexibility index (Phi) is 3.53. The van der Waals surface area contributed by atoms with Gasteiger partial charge in [-0.05, 0) is 24.3 Å². The largest absolute Gasteiger partial charge is 0.398 e. The van der Waals surface area contributed by atoms with E-state index in [1.807, 2.05) is 0 Å². The molecule has 0 heterocycles. The van der Waals surface area contributed by atoms with Crippen LogP contribution < -0.4 is 5.73 Å². The maximum atomic E-state index is 13.4. The molecule has 0 bridgehead atoms. The first kappa shape index (κ1) is 13.5. The van der Waals surface area contributed by atoms with Gasteiger partial charge in [0.2, 0.25) is 0 Å². The van der Waals surface area contributed by atoms with E-state index in [4.69, 9.17) is 5.73 Å². The number of nitrogen functional groups attached to an aromatic ring is 1. The van der Waals surface area contributed by atoms with Crippen LogP contribution >= 0.6 is 0 Å². The van der Waals surface area contributed by atoms with E-state index in [9.17, 15) is 17.2 Å². The molecule has 0 fully saturated rings. The molecule has 0 aromatic heterocycles. The summed E-state index contributed by atoms with van der Waals surface area (Å²) in [7, 11) is -3.89. The average molecular weight is 283 g/mol. The summed E-state index contributed by atoms with van der Waals surface area (Å²) in [5.74, 6) is -1.89. The predicted octanol–water partition coefficient (Wildman–Crippen LogP) is 2.52. The first-order chi connectivity index (χ1) is 8.90. The highest BCUT2D eigenvalue weighted by Gasteiger charge is 2.20. The van der Waals surface area contributed by atoms with Crippen LogP contribution in [0, 0.1) is 11.6 Å². The van der Waals surface area contributed by atoms with E-state index in [0.717, 1.165) is 12.1 Å². The molecular weight excluding hydrogens is 272 g/mol. The lowest BCUT2D eigenvalue weighted by Crippen LogP contribution is -2.09. The van der Waals surface area contributed by atoms with Crippen LogP contribution in [0.5, 0.6) is 0 Å². The van der Waals surface area contributed by atoms with E-state index in [1.165, 1.54) is 30.3 Å². The molecule has 19 heavy (non-hydrogen) atoms. The zero-order chi connectivity index (χ0) is 14.0. The Hall–Kier alpha value is -1.95. The van der Waals surface area contributed by atoms with E-state index in [2.05, 4.69) is 0 Å². The van der Waals surface area contributed by atoms with Gasteiger partial charge in [-0.3, -0.25) is 0 Å². The van der Waals surface area contributed by atoms with Crippen LogP contribution in [0.15, 0.2) is 47.4 Å². The van der Waals surface area contributed by atoms with Crippen molar-refractivity contribution in [3.05, 3.63) is 59.7 Å². The Morgan fingerprint density at radius 3 is 2.42 bits per heavy atom. The summed E-state index contributed by atoms with van der Waals surface area (Å²) in [5, 5.41) is 0. The van der Waals surface area contributed by atoms with E-state index in [-0.39, 0.29) is 16.1 Å². The third-order valence-corrected chi connectivity index (χ3v) is 4.33. The van der Waals surface area contributed by atoms with Crippen LogP contribution in [0.1, 0.15) is 5.56 Å². The monoisotopic (exact) mass is 283 g/mol. The van der Waals surface area contributed by atoms with Crippen molar-refractivity contribution in [3.63, 3.8) is 0 Å². The summed E-state index contributed by atoms with van der Waals surface area (Å²) in [6, 6.07) is 8.60. The lowest BCUT2D eigenvalue weighted by Gasteiger charge is -2.08. The molecular formula is C13H11F2NO2S. The second kappa shape index (κ2) is 4.97. The quantitative estimate of drug-likeness (QED) is 0.880. The number of benzene rings is 2. The van der Waals surface area contributed by atoms with Crippen LogP contribution in [-0.4, -0.2) is 8.42 Å². The van der Waals surface area contributed by atoms with Crippen molar-refractivity contribution < 1.29 is 17.2 Å². The predicted molar refractivity (Wildman–Crippen MR) is 68.1 cm³/mol. The molecule has 0 spiro atoms. The summed E-state index contributed by atoms with van der Waals surface area (Å²) in [5.41, 5.74) is 5.49. The van der Waals surface area contributed by atoms with Crippen molar-refractivity contribution in [1.82, 2.24) is 0 Å². The van der Waals surface area contributed by atoms with Crippen LogP contribution in [0.4, 0.5) is 14.5 Å². The summed E-state index contributed by atoms with van der Waals surface area (Å²) >= 11 is 0. The molecule has 6 heteroatoms. The van der Waals surface area contributed by atoms with Gasteiger partial charge in [0, 0.05) is 5.56 Å². The normalized spacial score (nSPS) is 11.5. The lowest BCUT2D eigenvalue weighted by molar-refractivity contribution is 0.584. The SMILES string of the molecule is Nc1ccc(F)cc1S(=O)(=O)Cc1ccccc1F. The fraction of sp³-hybridized carbons (Fsp3) is 0.0769. The van der Waals surface area contributed by atoms with Crippen molar-refractivity contribution in [1.29, 1.82) is 0 Å². The molecule has 0 radical (unpaired) electrons. The first-order valence-electron chi connectivity index (χ1n) is 5.41. The number of anilines is 1. The fourth-order valence-corrected chi connectivity index (χ4v) is 3.19. The molecule has 0 saturated heterocycles. The first-order valence-corrected chi connectivity index (χ1v) is 7.06. The molecule has 2 aromatic rings. The molecule has 3 nitrogen and oxygen atoms in total. The third kappa shape index (κ3) is 2.90. The second-order valence-electron chi connectivity index (χ2n) is 4.03. The molecule has 0 saturated carbocycles. The highest BCUT2D eigenvalue weighted by molar-refractivity contribution is 7.90. The molecule has 0 aliphatic rings. The molecule has 2 rings (SSSR count). The lowest BCUT2D eigenvalue weighted by atomic mass is 10.2. The molecule has 2 N–H and O–H groups in total. The Bertz CT molecular complexity index is 714. The van der Waals surface area contributed by atoms with Gasteiger partial charge in [0.05, 0.1) is 16.3 Å². The van der Waals surface area contributed by atoms with Crippen molar-refractivity contribution >= 4 is 15.5 Å².